The fourth-order valence-electron chi connectivity index (χ4n) is 2.72. The quantitative estimate of drug-likeness (QED) is 0.289. The van der Waals surface area contributed by atoms with E-state index >= 15 is 0 Å². The minimum atomic E-state index is -1.85. The number of nitrogens with zero attached hydrogens (tertiary/aromatic N) is 2. The van der Waals surface area contributed by atoms with Gasteiger partial charge < -0.3 is 26.0 Å². The second-order valence-corrected chi connectivity index (χ2v) is 6.42. The third-order valence-electron chi connectivity index (χ3n) is 4.18. The van der Waals surface area contributed by atoms with Crippen LogP contribution >= 0.6 is 0 Å². The van der Waals surface area contributed by atoms with Crippen molar-refractivity contribution in [2.75, 3.05) is 0 Å². The second-order valence-electron chi connectivity index (χ2n) is 6.42. The van der Waals surface area contributed by atoms with Gasteiger partial charge in [0.05, 0.1) is 0 Å². The molecule has 1 unspecified atom stereocenters. The summed E-state index contributed by atoms with van der Waals surface area (Å²) in [6.07, 6.45) is 1.90. The zero-order chi connectivity index (χ0) is 20.0. The lowest BCUT2D eigenvalue weighted by molar-refractivity contribution is -0.146. The number of amides is 1. The first kappa shape index (κ1) is 20.0. The molecule has 0 aliphatic heterocycles. The Morgan fingerprint density at radius 3 is 2.74 bits per heavy atom. The molecule has 142 valence electrons. The average Bonchev–Trinajstić information content (AvgIpc) is 3.01. The molecule has 27 heavy (non-hydrogen) atoms. The minimum Gasteiger partial charge on any atom is -0.480 e. The number of aliphatic carboxylic acids is 1. The van der Waals surface area contributed by atoms with Crippen LogP contribution in [0, 0.1) is 0 Å². The van der Waals surface area contributed by atoms with Crippen molar-refractivity contribution in [1.82, 2.24) is 10.3 Å². The number of ketones is 1. The highest BCUT2D eigenvalue weighted by Gasteiger charge is 2.34. The summed E-state index contributed by atoms with van der Waals surface area (Å²) in [5, 5.41) is 22.9. The lowest BCUT2D eigenvalue weighted by atomic mass is 9.94. The standard InChI is InChI=1S/C18H20N4O5/c1-18(27,8-11-9-20-14-5-3-2-4-13(11)14)17(26)22-15(16(24)25)7-6-12(23)10-21-19/h2-5,9-10,15,20,27H,6-8H2,1H3,(H,22,26)(H,24,25)/t15-,18?/m0/s1. The number of carbonyl (C=O) groups is 3. The molecule has 9 heteroatoms. The minimum absolute atomic E-state index is 0.0225. The summed E-state index contributed by atoms with van der Waals surface area (Å²) in [6, 6.07) is 6.04. The lowest BCUT2D eigenvalue weighted by Crippen LogP contribution is -2.52. The molecule has 1 aromatic heterocycles. The van der Waals surface area contributed by atoms with Crippen molar-refractivity contribution in [2.45, 2.75) is 37.8 Å². The maximum atomic E-state index is 12.4. The molecule has 4 N–H and O–H groups in total. The molecule has 2 aromatic rings. The van der Waals surface area contributed by atoms with Crippen LogP contribution in [0.1, 0.15) is 25.3 Å². The number of aromatic nitrogens is 1. The molecular formula is C18H20N4O5. The molecule has 0 aliphatic carbocycles. The van der Waals surface area contributed by atoms with Gasteiger partial charge in [-0.1, -0.05) is 18.2 Å². The number of fused-ring (bicyclic) bond motifs is 1. The largest absolute Gasteiger partial charge is 0.480 e. The summed E-state index contributed by atoms with van der Waals surface area (Å²) in [7, 11) is 0. The summed E-state index contributed by atoms with van der Waals surface area (Å²) in [6.45, 7) is 1.30. The number of rotatable bonds is 9. The van der Waals surface area contributed by atoms with Crippen molar-refractivity contribution in [1.29, 1.82) is 0 Å². The highest BCUT2D eigenvalue weighted by Crippen LogP contribution is 2.22. The van der Waals surface area contributed by atoms with Crippen molar-refractivity contribution in [3.63, 3.8) is 0 Å². The van der Waals surface area contributed by atoms with Gasteiger partial charge in [-0.05, 0) is 25.0 Å². The molecule has 0 spiro atoms. The molecule has 0 aliphatic rings. The van der Waals surface area contributed by atoms with Crippen LogP contribution in [0.15, 0.2) is 30.5 Å². The molecule has 1 heterocycles. The number of carbonyl (C=O) groups excluding carboxylic acids is 2. The first-order valence-corrected chi connectivity index (χ1v) is 8.26. The number of aromatic amines is 1. The number of aliphatic hydroxyl groups is 1. The SMILES string of the molecule is CC(O)(Cc1c[nH]c2ccccc12)C(=O)N[C@@H](CCC(=O)C=[N+]=[N-])C(=O)O. The summed E-state index contributed by atoms with van der Waals surface area (Å²) < 4.78 is 0. The van der Waals surface area contributed by atoms with Crippen LogP contribution in [0.25, 0.3) is 16.4 Å². The molecule has 1 aromatic carbocycles. The molecular weight excluding hydrogens is 352 g/mol. The van der Waals surface area contributed by atoms with E-state index in [4.69, 9.17) is 5.53 Å². The van der Waals surface area contributed by atoms with E-state index < -0.39 is 29.3 Å². The van der Waals surface area contributed by atoms with Gasteiger partial charge in [0.1, 0.15) is 11.6 Å². The number of para-hydroxylation sites is 1. The van der Waals surface area contributed by atoms with Crippen LogP contribution in [0.4, 0.5) is 0 Å². The van der Waals surface area contributed by atoms with Gasteiger partial charge in [-0.25, -0.2) is 4.79 Å². The van der Waals surface area contributed by atoms with Crippen LogP contribution in [0.5, 0.6) is 0 Å². The van der Waals surface area contributed by atoms with E-state index in [2.05, 4.69) is 15.1 Å². The molecule has 2 rings (SSSR count). The predicted octanol–water partition coefficient (Wildman–Crippen LogP) is 0.681. The van der Waals surface area contributed by atoms with E-state index in [1.165, 1.54) is 6.92 Å². The Labute approximate surface area is 154 Å². The predicted molar refractivity (Wildman–Crippen MR) is 96.1 cm³/mol. The van der Waals surface area contributed by atoms with Crippen LogP contribution in [0.2, 0.25) is 0 Å². The van der Waals surface area contributed by atoms with Crippen molar-refractivity contribution < 1.29 is 29.4 Å². The Balaban J connectivity index is 2.07. The number of benzene rings is 1. The van der Waals surface area contributed by atoms with E-state index in [0.717, 1.165) is 10.9 Å². The summed E-state index contributed by atoms with van der Waals surface area (Å²) in [5.41, 5.74) is 8.01. The Morgan fingerprint density at radius 2 is 2.07 bits per heavy atom. The van der Waals surface area contributed by atoms with Crippen LogP contribution in [-0.4, -0.2) is 55.5 Å². The lowest BCUT2D eigenvalue weighted by Gasteiger charge is -2.24. The normalized spacial score (nSPS) is 14.0. The Bertz CT molecular complexity index is 911. The summed E-state index contributed by atoms with van der Waals surface area (Å²) in [4.78, 5) is 40.7. The monoisotopic (exact) mass is 372 g/mol. The number of nitrogens with one attached hydrogen (secondary N) is 2. The van der Waals surface area contributed by atoms with Crippen molar-refractivity contribution in [3.05, 3.63) is 41.6 Å². The van der Waals surface area contributed by atoms with Crippen LogP contribution in [0.3, 0.4) is 0 Å². The van der Waals surface area contributed by atoms with Gasteiger partial charge in [0.15, 0.2) is 0 Å². The van der Waals surface area contributed by atoms with Gasteiger partial charge in [0, 0.05) is 29.9 Å². The highest BCUT2D eigenvalue weighted by molar-refractivity contribution is 6.25. The van der Waals surface area contributed by atoms with Crippen molar-refractivity contribution in [2.24, 2.45) is 0 Å². The molecule has 0 saturated heterocycles. The molecule has 9 nitrogen and oxygen atoms in total. The van der Waals surface area contributed by atoms with Crippen LogP contribution < -0.4 is 5.32 Å². The smallest absolute Gasteiger partial charge is 0.326 e. The Morgan fingerprint density at radius 1 is 1.37 bits per heavy atom. The number of carboxylic acid groups (broad SMARTS) is 1. The first-order chi connectivity index (χ1) is 12.7. The second kappa shape index (κ2) is 8.39. The van der Waals surface area contributed by atoms with E-state index in [9.17, 15) is 24.6 Å². The highest BCUT2D eigenvalue weighted by atomic mass is 16.4. The number of hydrogen-bond donors (Lipinski definition) is 4. The summed E-state index contributed by atoms with van der Waals surface area (Å²) >= 11 is 0. The molecule has 1 amide bonds. The van der Waals surface area contributed by atoms with Gasteiger partial charge >= 0.3 is 12.2 Å². The maximum absolute atomic E-state index is 12.4. The maximum Gasteiger partial charge on any atom is 0.326 e. The van der Waals surface area contributed by atoms with Gasteiger partial charge in [0.2, 0.25) is 5.78 Å². The van der Waals surface area contributed by atoms with Gasteiger partial charge in [-0.15, -0.1) is 0 Å². The number of carboxylic acids is 1. The fraction of sp³-hybridized carbons (Fsp3) is 0.333. The number of Topliss-reactive ketones (excluding diaryl/α,β-unsaturated/α-hetero) is 1. The van der Waals surface area contributed by atoms with E-state index in [1.54, 1.807) is 6.20 Å². The Kier molecular flexibility index (Phi) is 6.23. The molecule has 0 bridgehead atoms. The van der Waals surface area contributed by atoms with E-state index in [1.807, 2.05) is 24.3 Å². The van der Waals surface area contributed by atoms with Crippen LogP contribution in [-0.2, 0) is 20.8 Å². The average molecular weight is 372 g/mol. The molecule has 0 radical (unpaired) electrons. The van der Waals surface area contributed by atoms with Gasteiger partial charge in [0.25, 0.3) is 5.91 Å². The zero-order valence-electron chi connectivity index (χ0n) is 14.7. The fourth-order valence-corrected chi connectivity index (χ4v) is 2.72. The van der Waals surface area contributed by atoms with Crippen molar-refractivity contribution >= 4 is 34.8 Å². The third kappa shape index (κ3) is 5.10. The van der Waals surface area contributed by atoms with Gasteiger partial charge in [-0.2, -0.15) is 4.79 Å². The zero-order valence-corrected chi connectivity index (χ0v) is 14.7. The molecule has 2 atom stereocenters. The Hall–Kier alpha value is -3.29. The first-order valence-electron chi connectivity index (χ1n) is 8.26. The van der Waals surface area contributed by atoms with E-state index in [0.29, 0.717) is 11.8 Å². The number of H-pyrrole nitrogens is 1. The van der Waals surface area contributed by atoms with Gasteiger partial charge in [-0.3, -0.25) is 9.59 Å². The summed E-state index contributed by atoms with van der Waals surface area (Å²) in [5.74, 6) is -2.77. The molecule has 0 saturated carbocycles. The molecule has 0 fully saturated rings. The van der Waals surface area contributed by atoms with Crippen molar-refractivity contribution in [3.8, 4) is 0 Å². The third-order valence-corrected chi connectivity index (χ3v) is 4.18. The number of hydrogen-bond acceptors (Lipinski definition) is 4. The van der Waals surface area contributed by atoms with E-state index in [-0.39, 0.29) is 19.3 Å². The topological polar surface area (TPSA) is 156 Å².